The number of sulfone groups is 1. The summed E-state index contributed by atoms with van der Waals surface area (Å²) in [5, 5.41) is 5.38. The molecule has 10 heteroatoms. The summed E-state index contributed by atoms with van der Waals surface area (Å²) in [6.07, 6.45) is 4.24. The van der Waals surface area contributed by atoms with Crippen LogP contribution < -0.4 is 0 Å². The molecule has 1 saturated heterocycles. The number of amides is 1. The fraction of sp³-hybridized carbons (Fsp3) is 0.435. The van der Waals surface area contributed by atoms with E-state index >= 15 is 0 Å². The lowest BCUT2D eigenvalue weighted by Gasteiger charge is -2.18. The smallest absolute Gasteiger partial charge is 0.233 e. The molecule has 2 aromatic heterocycles. The molecule has 33 heavy (non-hydrogen) atoms. The molecule has 1 aliphatic heterocycles. The Morgan fingerprint density at radius 1 is 1.24 bits per heavy atom. The number of benzene rings is 1. The molecule has 0 aliphatic carbocycles. The standard InChI is InChI=1S/C23H29N5O3S2/c1-16-7-5-6-8-21(16)27-11-10-24-23(27)32-14-22(29)26(4)13-20-17(2)25-28(18(20)3)19-9-12-33(30,31)15-19/h5-8,10-11,19H,9,12-15H2,1-4H3. The first-order valence-electron chi connectivity index (χ1n) is 10.9. The van der Waals surface area contributed by atoms with Gasteiger partial charge in [0.2, 0.25) is 5.91 Å². The van der Waals surface area contributed by atoms with E-state index in [4.69, 9.17) is 0 Å². The van der Waals surface area contributed by atoms with Crippen LogP contribution in [0.25, 0.3) is 5.69 Å². The second kappa shape index (κ2) is 9.34. The van der Waals surface area contributed by atoms with Gasteiger partial charge in [0.15, 0.2) is 15.0 Å². The van der Waals surface area contributed by atoms with Crippen molar-refractivity contribution in [2.75, 3.05) is 24.3 Å². The van der Waals surface area contributed by atoms with Gasteiger partial charge in [-0.05, 0) is 38.8 Å². The van der Waals surface area contributed by atoms with Gasteiger partial charge in [-0.15, -0.1) is 0 Å². The van der Waals surface area contributed by atoms with Crippen LogP contribution in [-0.2, 0) is 21.2 Å². The van der Waals surface area contributed by atoms with Gasteiger partial charge < -0.3 is 4.90 Å². The number of thioether (sulfide) groups is 1. The molecule has 0 spiro atoms. The van der Waals surface area contributed by atoms with E-state index in [1.54, 1.807) is 18.1 Å². The van der Waals surface area contributed by atoms with Crippen LogP contribution in [-0.4, -0.2) is 62.9 Å². The van der Waals surface area contributed by atoms with Crippen LogP contribution in [0.4, 0.5) is 0 Å². The minimum Gasteiger partial charge on any atom is -0.341 e. The summed E-state index contributed by atoms with van der Waals surface area (Å²) in [5.74, 6) is 0.605. The second-order valence-corrected chi connectivity index (χ2v) is 11.7. The number of nitrogens with zero attached hydrogens (tertiary/aromatic N) is 5. The molecule has 4 rings (SSSR count). The lowest BCUT2D eigenvalue weighted by Crippen LogP contribution is -2.28. The summed E-state index contributed by atoms with van der Waals surface area (Å²) in [6, 6.07) is 7.95. The fourth-order valence-corrected chi connectivity index (χ4v) is 6.82. The summed E-state index contributed by atoms with van der Waals surface area (Å²) in [4.78, 5) is 19.0. The number of carbonyl (C=O) groups is 1. The number of hydrogen-bond acceptors (Lipinski definition) is 6. The highest BCUT2D eigenvalue weighted by atomic mass is 32.2. The zero-order chi connectivity index (χ0) is 23.8. The van der Waals surface area contributed by atoms with E-state index < -0.39 is 9.84 Å². The quantitative estimate of drug-likeness (QED) is 0.476. The molecule has 1 atom stereocenters. The zero-order valence-corrected chi connectivity index (χ0v) is 21.0. The van der Waals surface area contributed by atoms with Gasteiger partial charge in [0.25, 0.3) is 0 Å². The van der Waals surface area contributed by atoms with Crippen molar-refractivity contribution in [1.82, 2.24) is 24.2 Å². The van der Waals surface area contributed by atoms with Gasteiger partial charge in [-0.25, -0.2) is 13.4 Å². The molecule has 1 unspecified atom stereocenters. The molecule has 1 aromatic carbocycles. The van der Waals surface area contributed by atoms with E-state index in [-0.39, 0.29) is 29.2 Å². The Labute approximate surface area is 198 Å². The SMILES string of the molecule is Cc1ccccc1-n1ccnc1SCC(=O)N(C)Cc1c(C)nn(C2CCS(=O)(=O)C2)c1C. The molecule has 0 radical (unpaired) electrons. The molecule has 176 valence electrons. The van der Waals surface area contributed by atoms with Crippen molar-refractivity contribution in [3.8, 4) is 5.69 Å². The zero-order valence-electron chi connectivity index (χ0n) is 19.4. The molecule has 1 aliphatic rings. The number of para-hydroxylation sites is 1. The first kappa shape index (κ1) is 23.6. The average Bonchev–Trinajstić information content (AvgIpc) is 3.45. The number of aromatic nitrogens is 4. The predicted octanol–water partition coefficient (Wildman–Crippen LogP) is 3.10. The van der Waals surface area contributed by atoms with Gasteiger partial charge >= 0.3 is 0 Å². The molecule has 0 saturated carbocycles. The summed E-state index contributed by atoms with van der Waals surface area (Å²) in [5.41, 5.74) is 4.92. The van der Waals surface area contributed by atoms with Crippen molar-refractivity contribution in [2.24, 2.45) is 0 Å². The highest BCUT2D eigenvalue weighted by molar-refractivity contribution is 7.99. The van der Waals surface area contributed by atoms with Crippen LogP contribution in [0.1, 0.15) is 35.0 Å². The van der Waals surface area contributed by atoms with Crippen LogP contribution in [0.5, 0.6) is 0 Å². The molecular formula is C23H29N5O3S2. The largest absolute Gasteiger partial charge is 0.341 e. The van der Waals surface area contributed by atoms with E-state index in [1.165, 1.54) is 11.8 Å². The van der Waals surface area contributed by atoms with E-state index in [0.29, 0.717) is 13.0 Å². The van der Waals surface area contributed by atoms with E-state index in [1.807, 2.05) is 47.5 Å². The molecule has 0 bridgehead atoms. The van der Waals surface area contributed by atoms with Crippen molar-refractivity contribution >= 4 is 27.5 Å². The summed E-state index contributed by atoms with van der Waals surface area (Å²) >= 11 is 1.41. The minimum absolute atomic E-state index is 0.00525. The van der Waals surface area contributed by atoms with Crippen molar-refractivity contribution in [3.63, 3.8) is 0 Å². The van der Waals surface area contributed by atoms with Gasteiger partial charge in [0.1, 0.15) is 0 Å². The van der Waals surface area contributed by atoms with Gasteiger partial charge in [0, 0.05) is 37.2 Å². The highest BCUT2D eigenvalue weighted by Crippen LogP contribution is 2.28. The molecule has 3 aromatic rings. The maximum absolute atomic E-state index is 12.9. The Balaban J connectivity index is 1.42. The number of rotatable bonds is 7. The highest BCUT2D eigenvalue weighted by Gasteiger charge is 2.31. The van der Waals surface area contributed by atoms with Gasteiger partial charge in [-0.1, -0.05) is 30.0 Å². The lowest BCUT2D eigenvalue weighted by atomic mass is 10.1. The first-order valence-corrected chi connectivity index (χ1v) is 13.7. The van der Waals surface area contributed by atoms with Gasteiger partial charge in [-0.2, -0.15) is 5.10 Å². The minimum atomic E-state index is -2.99. The fourth-order valence-electron chi connectivity index (χ4n) is 4.23. The number of imidazole rings is 1. The van der Waals surface area contributed by atoms with Gasteiger partial charge in [0.05, 0.1) is 34.7 Å². The van der Waals surface area contributed by atoms with Crippen LogP contribution in [0.2, 0.25) is 0 Å². The van der Waals surface area contributed by atoms with E-state index in [2.05, 4.69) is 23.1 Å². The predicted molar refractivity (Wildman–Crippen MR) is 130 cm³/mol. The van der Waals surface area contributed by atoms with Crippen molar-refractivity contribution < 1.29 is 13.2 Å². The van der Waals surface area contributed by atoms with E-state index in [0.717, 1.165) is 33.4 Å². The van der Waals surface area contributed by atoms with Crippen LogP contribution in [0.3, 0.4) is 0 Å². The van der Waals surface area contributed by atoms with Crippen LogP contribution in [0, 0.1) is 20.8 Å². The third-order valence-electron chi connectivity index (χ3n) is 6.16. The van der Waals surface area contributed by atoms with Crippen molar-refractivity contribution in [2.45, 2.75) is 44.9 Å². The molecular weight excluding hydrogens is 458 g/mol. The third-order valence-corrected chi connectivity index (χ3v) is 8.86. The summed E-state index contributed by atoms with van der Waals surface area (Å²) in [7, 11) is -1.21. The van der Waals surface area contributed by atoms with Crippen LogP contribution >= 0.6 is 11.8 Å². The van der Waals surface area contributed by atoms with Crippen molar-refractivity contribution in [3.05, 3.63) is 59.2 Å². The number of carbonyl (C=O) groups excluding carboxylic acids is 1. The average molecular weight is 488 g/mol. The van der Waals surface area contributed by atoms with Gasteiger partial charge in [-0.3, -0.25) is 14.0 Å². The first-order chi connectivity index (χ1) is 15.7. The van der Waals surface area contributed by atoms with E-state index in [9.17, 15) is 13.2 Å². The maximum Gasteiger partial charge on any atom is 0.233 e. The Morgan fingerprint density at radius 2 is 2.00 bits per heavy atom. The topological polar surface area (TPSA) is 90.1 Å². The van der Waals surface area contributed by atoms with Crippen LogP contribution in [0.15, 0.2) is 41.8 Å². The Kier molecular flexibility index (Phi) is 6.67. The number of hydrogen-bond donors (Lipinski definition) is 0. The maximum atomic E-state index is 12.9. The lowest BCUT2D eigenvalue weighted by molar-refractivity contribution is -0.127. The number of aryl methyl sites for hydroxylation is 2. The normalized spacial score (nSPS) is 17.4. The Hall–Kier alpha value is -2.59. The molecule has 1 amide bonds. The monoisotopic (exact) mass is 487 g/mol. The summed E-state index contributed by atoms with van der Waals surface area (Å²) in [6.45, 7) is 6.35. The van der Waals surface area contributed by atoms with Crippen molar-refractivity contribution in [1.29, 1.82) is 0 Å². The molecule has 8 nitrogen and oxygen atoms in total. The molecule has 0 N–H and O–H groups in total. The molecule has 1 fully saturated rings. The Bertz CT molecular complexity index is 1280. The summed E-state index contributed by atoms with van der Waals surface area (Å²) < 4.78 is 27.6. The third kappa shape index (κ3) is 5.01. The Morgan fingerprint density at radius 3 is 2.70 bits per heavy atom. The molecule has 3 heterocycles. The second-order valence-electron chi connectivity index (χ2n) is 8.56.